The fourth-order valence-electron chi connectivity index (χ4n) is 3.09. The first-order valence-corrected chi connectivity index (χ1v) is 9.84. The van der Waals surface area contributed by atoms with Crippen molar-refractivity contribution in [1.29, 1.82) is 0 Å². The van der Waals surface area contributed by atoms with Gasteiger partial charge in [0.2, 0.25) is 5.95 Å². The van der Waals surface area contributed by atoms with E-state index in [9.17, 15) is 0 Å². The Balaban J connectivity index is 1.68. The topological polar surface area (TPSA) is 53.1 Å². The molecule has 1 heterocycles. The molecule has 5 heteroatoms. The number of nitrogens with zero attached hydrogens (tertiary/aromatic N) is 3. The Bertz CT molecular complexity index is 884. The van der Waals surface area contributed by atoms with Gasteiger partial charge < -0.3 is 15.5 Å². The lowest BCUT2D eigenvalue weighted by molar-refractivity contribution is 0.866. The minimum atomic E-state index is 0.599. The van der Waals surface area contributed by atoms with Gasteiger partial charge in [0.15, 0.2) is 0 Å². The molecular formula is C23H29N5. The Hall–Kier alpha value is -3.08. The molecule has 0 aliphatic rings. The summed E-state index contributed by atoms with van der Waals surface area (Å²) in [6, 6.07) is 18.9. The van der Waals surface area contributed by atoms with Crippen molar-refractivity contribution in [2.45, 2.75) is 34.2 Å². The van der Waals surface area contributed by atoms with Gasteiger partial charge in [-0.15, -0.1) is 0 Å². The van der Waals surface area contributed by atoms with Crippen molar-refractivity contribution in [2.24, 2.45) is 0 Å². The third kappa shape index (κ3) is 5.22. The van der Waals surface area contributed by atoms with E-state index in [1.807, 2.05) is 13.0 Å². The third-order valence-corrected chi connectivity index (χ3v) is 4.70. The lowest BCUT2D eigenvalue weighted by Gasteiger charge is -2.21. The lowest BCUT2D eigenvalue weighted by atomic mass is 10.1. The van der Waals surface area contributed by atoms with Crippen LogP contribution < -0.4 is 15.5 Å². The molecule has 0 bridgehead atoms. The predicted octanol–water partition coefficient (Wildman–Crippen LogP) is 5.30. The SMILES string of the molecule is CCN(CC)c1ccc(Nc2nc(C)cc(NCc3ccc(C)cc3)n2)cc1. The van der Waals surface area contributed by atoms with Crippen LogP contribution in [-0.4, -0.2) is 23.1 Å². The van der Waals surface area contributed by atoms with Gasteiger partial charge in [-0.1, -0.05) is 29.8 Å². The standard InChI is InChI=1S/C23H29N5/c1-5-28(6-2)21-13-11-20(12-14-21)26-23-25-18(4)15-22(27-23)24-16-19-9-7-17(3)8-10-19/h7-15H,5-6,16H2,1-4H3,(H2,24,25,26,27). The molecule has 0 fully saturated rings. The summed E-state index contributed by atoms with van der Waals surface area (Å²) in [6.07, 6.45) is 0. The molecule has 3 rings (SSSR count). The molecule has 0 aliphatic heterocycles. The van der Waals surface area contributed by atoms with Crippen LogP contribution in [0.1, 0.15) is 30.7 Å². The normalized spacial score (nSPS) is 10.6. The number of anilines is 4. The monoisotopic (exact) mass is 375 g/mol. The highest BCUT2D eigenvalue weighted by molar-refractivity contribution is 5.60. The van der Waals surface area contributed by atoms with E-state index < -0.39 is 0 Å². The van der Waals surface area contributed by atoms with Gasteiger partial charge in [-0.3, -0.25) is 0 Å². The van der Waals surface area contributed by atoms with E-state index in [2.05, 4.69) is 94.8 Å². The van der Waals surface area contributed by atoms with Crippen molar-refractivity contribution >= 4 is 23.1 Å². The quantitative estimate of drug-likeness (QED) is 0.560. The maximum atomic E-state index is 4.61. The summed E-state index contributed by atoms with van der Waals surface area (Å²) in [6.45, 7) is 11.1. The number of rotatable bonds is 8. The van der Waals surface area contributed by atoms with Crippen molar-refractivity contribution in [2.75, 3.05) is 28.6 Å². The molecule has 1 aromatic heterocycles. The highest BCUT2D eigenvalue weighted by Crippen LogP contribution is 2.21. The summed E-state index contributed by atoms with van der Waals surface area (Å²) >= 11 is 0. The number of benzene rings is 2. The Kier molecular flexibility index (Phi) is 6.48. The van der Waals surface area contributed by atoms with Crippen molar-refractivity contribution in [3.63, 3.8) is 0 Å². The highest BCUT2D eigenvalue weighted by Gasteiger charge is 2.05. The van der Waals surface area contributed by atoms with Crippen LogP contribution in [0.3, 0.4) is 0 Å². The number of aromatic nitrogens is 2. The van der Waals surface area contributed by atoms with E-state index in [1.165, 1.54) is 16.8 Å². The number of hydrogen-bond acceptors (Lipinski definition) is 5. The van der Waals surface area contributed by atoms with Crippen molar-refractivity contribution < 1.29 is 0 Å². The summed E-state index contributed by atoms with van der Waals surface area (Å²) < 4.78 is 0. The third-order valence-electron chi connectivity index (χ3n) is 4.70. The molecule has 0 unspecified atom stereocenters. The predicted molar refractivity (Wildman–Crippen MR) is 119 cm³/mol. The largest absolute Gasteiger partial charge is 0.372 e. The molecule has 0 saturated heterocycles. The Labute approximate surface area is 167 Å². The van der Waals surface area contributed by atoms with Gasteiger partial charge in [0.1, 0.15) is 5.82 Å². The molecule has 0 atom stereocenters. The number of aryl methyl sites for hydroxylation is 2. The summed E-state index contributed by atoms with van der Waals surface area (Å²) in [5.74, 6) is 1.41. The second kappa shape index (κ2) is 9.22. The van der Waals surface area contributed by atoms with Crippen LogP contribution in [0.2, 0.25) is 0 Å². The van der Waals surface area contributed by atoms with Crippen LogP contribution in [-0.2, 0) is 6.54 Å². The molecular weight excluding hydrogens is 346 g/mol. The Morgan fingerprint density at radius 3 is 2.18 bits per heavy atom. The van der Waals surface area contributed by atoms with Crippen LogP contribution in [0, 0.1) is 13.8 Å². The molecule has 0 amide bonds. The summed E-state index contributed by atoms with van der Waals surface area (Å²) in [7, 11) is 0. The van der Waals surface area contributed by atoms with Crippen molar-refractivity contribution in [1.82, 2.24) is 9.97 Å². The summed E-state index contributed by atoms with van der Waals surface area (Å²) in [5.41, 5.74) is 5.61. The van der Waals surface area contributed by atoms with Gasteiger partial charge in [-0.05, 0) is 57.5 Å². The smallest absolute Gasteiger partial charge is 0.229 e. The van der Waals surface area contributed by atoms with Crippen molar-refractivity contribution in [3.05, 3.63) is 71.4 Å². The van der Waals surface area contributed by atoms with Gasteiger partial charge >= 0.3 is 0 Å². The number of nitrogens with one attached hydrogen (secondary N) is 2. The molecule has 0 radical (unpaired) electrons. The molecule has 0 spiro atoms. The maximum Gasteiger partial charge on any atom is 0.229 e. The van der Waals surface area contributed by atoms with Crippen LogP contribution in [0.5, 0.6) is 0 Å². The molecule has 28 heavy (non-hydrogen) atoms. The number of hydrogen-bond donors (Lipinski definition) is 2. The zero-order valence-electron chi connectivity index (χ0n) is 17.2. The fourth-order valence-corrected chi connectivity index (χ4v) is 3.09. The molecule has 0 saturated carbocycles. The second-order valence-electron chi connectivity index (χ2n) is 6.90. The molecule has 3 aromatic rings. The molecule has 0 aliphatic carbocycles. The van der Waals surface area contributed by atoms with Gasteiger partial charge in [0.25, 0.3) is 0 Å². The van der Waals surface area contributed by atoms with Crippen LogP contribution in [0.4, 0.5) is 23.1 Å². The fraction of sp³-hybridized carbons (Fsp3) is 0.304. The van der Waals surface area contributed by atoms with E-state index in [0.29, 0.717) is 5.95 Å². The van der Waals surface area contributed by atoms with Gasteiger partial charge in [0, 0.05) is 42.8 Å². The first-order chi connectivity index (χ1) is 13.6. The van der Waals surface area contributed by atoms with Crippen LogP contribution >= 0.6 is 0 Å². The van der Waals surface area contributed by atoms with E-state index >= 15 is 0 Å². The lowest BCUT2D eigenvalue weighted by Crippen LogP contribution is -2.21. The minimum Gasteiger partial charge on any atom is -0.372 e. The second-order valence-corrected chi connectivity index (χ2v) is 6.90. The highest BCUT2D eigenvalue weighted by atomic mass is 15.1. The van der Waals surface area contributed by atoms with Gasteiger partial charge in [-0.2, -0.15) is 4.98 Å². The first-order valence-electron chi connectivity index (χ1n) is 9.84. The maximum absolute atomic E-state index is 4.61. The van der Waals surface area contributed by atoms with Crippen LogP contribution in [0.15, 0.2) is 54.6 Å². The molecule has 146 valence electrons. The van der Waals surface area contributed by atoms with Gasteiger partial charge in [-0.25, -0.2) is 4.98 Å². The van der Waals surface area contributed by atoms with Crippen molar-refractivity contribution in [3.8, 4) is 0 Å². The molecule has 2 aromatic carbocycles. The van der Waals surface area contributed by atoms with E-state index in [-0.39, 0.29) is 0 Å². The van der Waals surface area contributed by atoms with Gasteiger partial charge in [0.05, 0.1) is 0 Å². The van der Waals surface area contributed by atoms with E-state index in [0.717, 1.165) is 36.8 Å². The van der Waals surface area contributed by atoms with E-state index in [4.69, 9.17) is 0 Å². The zero-order valence-corrected chi connectivity index (χ0v) is 17.2. The first kappa shape index (κ1) is 19.7. The summed E-state index contributed by atoms with van der Waals surface area (Å²) in [4.78, 5) is 11.4. The zero-order chi connectivity index (χ0) is 19.9. The summed E-state index contributed by atoms with van der Waals surface area (Å²) in [5, 5.41) is 6.70. The van der Waals surface area contributed by atoms with E-state index in [1.54, 1.807) is 0 Å². The Morgan fingerprint density at radius 2 is 1.54 bits per heavy atom. The minimum absolute atomic E-state index is 0.599. The molecule has 2 N–H and O–H groups in total. The average Bonchev–Trinajstić information content (AvgIpc) is 2.69. The Morgan fingerprint density at radius 1 is 0.857 bits per heavy atom. The molecule has 5 nitrogen and oxygen atoms in total. The van der Waals surface area contributed by atoms with Crippen LogP contribution in [0.25, 0.3) is 0 Å². The average molecular weight is 376 g/mol.